The third-order valence-corrected chi connectivity index (χ3v) is 6.89. The van der Waals surface area contributed by atoms with Gasteiger partial charge in [0.2, 0.25) is 5.95 Å². The normalized spacial score (nSPS) is 14.5. The number of pyridine rings is 1. The summed E-state index contributed by atoms with van der Waals surface area (Å²) in [5, 5.41) is 14.6. The van der Waals surface area contributed by atoms with Crippen LogP contribution >= 0.6 is 0 Å². The molecule has 0 atom stereocenters. The van der Waals surface area contributed by atoms with Gasteiger partial charge in [0.15, 0.2) is 17.3 Å². The van der Waals surface area contributed by atoms with E-state index in [1.54, 1.807) is 6.20 Å². The van der Waals surface area contributed by atoms with Crippen molar-refractivity contribution >= 4 is 23.1 Å². The number of aromatic nitrogens is 10. The molecule has 5 aromatic rings. The highest BCUT2D eigenvalue weighted by atomic mass is 15.5. The highest BCUT2D eigenvalue weighted by molar-refractivity contribution is 5.71. The smallest absolute Gasteiger partial charge is 0.225 e. The molecule has 6 heterocycles. The van der Waals surface area contributed by atoms with Crippen LogP contribution in [-0.2, 0) is 0 Å². The molecule has 1 saturated heterocycles. The van der Waals surface area contributed by atoms with Crippen molar-refractivity contribution in [2.24, 2.45) is 0 Å². The Morgan fingerprint density at radius 3 is 2.51 bits per heavy atom. The first kappa shape index (κ1) is 23.0. The summed E-state index contributed by atoms with van der Waals surface area (Å²) in [6.07, 6.45) is 13.2. The van der Waals surface area contributed by atoms with E-state index in [9.17, 15) is 0 Å². The zero-order valence-corrected chi connectivity index (χ0v) is 21.0. The van der Waals surface area contributed by atoms with E-state index in [-0.39, 0.29) is 0 Å². The number of imidazole rings is 1. The molecule has 188 valence electrons. The molecule has 1 aliphatic heterocycles. The number of nitrogens with one attached hydrogen (secondary N) is 1. The summed E-state index contributed by atoms with van der Waals surface area (Å²) >= 11 is 0. The predicted octanol–water partition coefficient (Wildman–Crippen LogP) is 3.45. The topological polar surface area (TPSA) is 128 Å². The molecule has 0 aliphatic carbocycles. The molecule has 0 bridgehead atoms. The first-order valence-corrected chi connectivity index (χ1v) is 12.4. The van der Waals surface area contributed by atoms with E-state index in [0.29, 0.717) is 23.5 Å². The van der Waals surface area contributed by atoms with Crippen molar-refractivity contribution in [1.82, 2.24) is 49.5 Å². The van der Waals surface area contributed by atoms with Crippen LogP contribution in [0.1, 0.15) is 55.5 Å². The quantitative estimate of drug-likeness (QED) is 0.373. The summed E-state index contributed by atoms with van der Waals surface area (Å²) in [6, 6.07) is 3.80. The summed E-state index contributed by atoms with van der Waals surface area (Å²) in [6.45, 7) is 8.06. The van der Waals surface area contributed by atoms with Gasteiger partial charge in [0.05, 0.1) is 11.4 Å². The summed E-state index contributed by atoms with van der Waals surface area (Å²) in [4.78, 5) is 25.4. The third-order valence-electron chi connectivity index (χ3n) is 6.89. The van der Waals surface area contributed by atoms with Crippen LogP contribution in [-0.4, -0.2) is 62.6 Å². The van der Waals surface area contributed by atoms with Crippen LogP contribution in [0.2, 0.25) is 0 Å². The van der Waals surface area contributed by atoms with Crippen LogP contribution in [0.25, 0.3) is 11.5 Å². The molecule has 1 aliphatic rings. The predicted molar refractivity (Wildman–Crippen MR) is 138 cm³/mol. The highest BCUT2D eigenvalue weighted by Crippen LogP contribution is 2.31. The zero-order chi connectivity index (χ0) is 25.4. The molecule has 37 heavy (non-hydrogen) atoms. The van der Waals surface area contributed by atoms with Gasteiger partial charge in [-0.3, -0.25) is 4.40 Å². The molecule has 6 rings (SSSR count). The van der Waals surface area contributed by atoms with Gasteiger partial charge in [-0.05, 0) is 53.8 Å². The Morgan fingerprint density at radius 2 is 1.81 bits per heavy atom. The highest BCUT2D eigenvalue weighted by Gasteiger charge is 2.25. The number of fused-ring (bicyclic) bond motifs is 1. The lowest BCUT2D eigenvalue weighted by molar-refractivity contribution is 0.488. The number of hydrogen-bond acceptors (Lipinski definition) is 10. The zero-order valence-electron chi connectivity index (χ0n) is 21.0. The number of nitrogens with zero attached hydrogens (tertiary/aromatic N) is 11. The van der Waals surface area contributed by atoms with Crippen molar-refractivity contribution in [3.63, 3.8) is 0 Å². The van der Waals surface area contributed by atoms with Crippen molar-refractivity contribution in [1.29, 1.82) is 0 Å². The minimum Gasteiger partial charge on any atom is -0.341 e. The molecule has 0 amide bonds. The van der Waals surface area contributed by atoms with Crippen molar-refractivity contribution in [3.05, 3.63) is 66.4 Å². The number of hydrogen-bond donors (Lipinski definition) is 1. The first-order valence-electron chi connectivity index (χ1n) is 12.4. The van der Waals surface area contributed by atoms with Gasteiger partial charge in [-0.25, -0.2) is 24.9 Å². The third kappa shape index (κ3) is 4.46. The van der Waals surface area contributed by atoms with Crippen molar-refractivity contribution in [2.45, 2.75) is 45.4 Å². The Morgan fingerprint density at radius 1 is 1.00 bits per heavy atom. The van der Waals surface area contributed by atoms with Crippen LogP contribution in [0.3, 0.4) is 0 Å². The number of aryl methyl sites for hydroxylation is 1. The molecule has 12 heteroatoms. The lowest BCUT2D eigenvalue weighted by Gasteiger charge is -2.31. The Kier molecular flexibility index (Phi) is 5.91. The van der Waals surface area contributed by atoms with Crippen molar-refractivity contribution in [3.8, 4) is 5.82 Å². The van der Waals surface area contributed by atoms with Crippen LogP contribution in [0.4, 0.5) is 17.5 Å². The van der Waals surface area contributed by atoms with E-state index >= 15 is 0 Å². The lowest BCUT2D eigenvalue weighted by Crippen LogP contribution is -2.34. The maximum absolute atomic E-state index is 4.73. The van der Waals surface area contributed by atoms with E-state index in [1.807, 2.05) is 43.8 Å². The summed E-state index contributed by atoms with van der Waals surface area (Å²) in [5.74, 6) is 2.97. The van der Waals surface area contributed by atoms with Crippen LogP contribution in [0.15, 0.2) is 49.4 Å². The molecule has 1 N–H and O–H groups in total. The van der Waals surface area contributed by atoms with Gasteiger partial charge in [-0.2, -0.15) is 4.68 Å². The van der Waals surface area contributed by atoms with Crippen molar-refractivity contribution in [2.75, 3.05) is 23.3 Å². The fourth-order valence-corrected chi connectivity index (χ4v) is 4.70. The monoisotopic (exact) mass is 496 g/mol. The van der Waals surface area contributed by atoms with E-state index in [1.165, 1.54) is 16.7 Å². The molecule has 0 aromatic carbocycles. The average Bonchev–Trinajstić information content (AvgIpc) is 3.61. The van der Waals surface area contributed by atoms with Gasteiger partial charge in [0.1, 0.15) is 6.33 Å². The molecule has 0 radical (unpaired) electrons. The molecule has 1 fully saturated rings. The maximum atomic E-state index is 4.73. The van der Waals surface area contributed by atoms with E-state index in [0.717, 1.165) is 54.5 Å². The lowest BCUT2D eigenvalue weighted by atomic mass is 9.94. The molecule has 0 unspecified atom stereocenters. The number of tetrazole rings is 1. The first-order chi connectivity index (χ1) is 18.1. The van der Waals surface area contributed by atoms with Crippen LogP contribution in [0.5, 0.6) is 0 Å². The molecular formula is C25H28N12. The SMILES string of the molecule is Cc1nc(-n2cnnn2)ccc1Nc1nccn2c(C3CCN(c4ncc(C(C)C)cn4)CC3)cnc12. The molecule has 5 aromatic heterocycles. The second kappa shape index (κ2) is 9.52. The fraction of sp³-hybridized carbons (Fsp3) is 0.360. The number of anilines is 3. The minimum absolute atomic E-state index is 0.399. The van der Waals surface area contributed by atoms with Gasteiger partial charge >= 0.3 is 0 Å². The summed E-state index contributed by atoms with van der Waals surface area (Å²) < 4.78 is 3.66. The van der Waals surface area contributed by atoms with Crippen LogP contribution in [0, 0.1) is 6.92 Å². The second-order valence-corrected chi connectivity index (χ2v) is 9.57. The summed E-state index contributed by atoms with van der Waals surface area (Å²) in [5.41, 5.74) is 4.80. The molecular weight excluding hydrogens is 468 g/mol. The standard InChI is InChI=1S/C25H28N12/c1-16(2)19-12-28-25(29-13-19)35-9-6-18(7-10-35)21-14-27-24-23(26-8-11-36(21)24)32-20-4-5-22(31-17(20)3)37-15-30-33-34-37/h4-5,8,11-16,18H,6-7,9-10H2,1-3H3,(H,26,32). The Labute approximate surface area is 213 Å². The Hall–Kier alpha value is -4.48. The van der Waals surface area contributed by atoms with E-state index in [2.05, 4.69) is 63.9 Å². The van der Waals surface area contributed by atoms with Gasteiger partial charge < -0.3 is 10.2 Å². The number of rotatable bonds is 6. The molecule has 0 saturated carbocycles. The van der Waals surface area contributed by atoms with E-state index in [4.69, 9.17) is 4.98 Å². The number of piperidine rings is 1. The Balaban J connectivity index is 1.18. The maximum Gasteiger partial charge on any atom is 0.225 e. The van der Waals surface area contributed by atoms with E-state index < -0.39 is 0 Å². The Bertz CT molecular complexity index is 1500. The molecule has 12 nitrogen and oxygen atoms in total. The van der Waals surface area contributed by atoms with Gasteiger partial charge in [0, 0.05) is 55.7 Å². The fourth-order valence-electron chi connectivity index (χ4n) is 4.70. The van der Waals surface area contributed by atoms with Gasteiger partial charge in [-0.1, -0.05) is 13.8 Å². The van der Waals surface area contributed by atoms with Gasteiger partial charge in [0.25, 0.3) is 0 Å². The average molecular weight is 497 g/mol. The minimum atomic E-state index is 0.399. The van der Waals surface area contributed by atoms with Gasteiger partial charge in [-0.15, -0.1) is 5.10 Å². The largest absolute Gasteiger partial charge is 0.341 e. The second-order valence-electron chi connectivity index (χ2n) is 9.57. The van der Waals surface area contributed by atoms with Crippen LogP contribution < -0.4 is 10.2 Å². The summed E-state index contributed by atoms with van der Waals surface area (Å²) in [7, 11) is 0. The molecule has 0 spiro atoms. The van der Waals surface area contributed by atoms with Crippen molar-refractivity contribution < 1.29 is 0 Å².